The molecular weight excluding hydrogens is 414 g/mol. The molecule has 7 heteroatoms. The highest BCUT2D eigenvalue weighted by Crippen LogP contribution is 2.22. The number of hydrogen-bond donors (Lipinski definition) is 1. The summed E-state index contributed by atoms with van der Waals surface area (Å²) in [5.41, 5.74) is 4.23. The summed E-state index contributed by atoms with van der Waals surface area (Å²) in [6.07, 6.45) is 2.98. The van der Waals surface area contributed by atoms with Crippen LogP contribution in [-0.2, 0) is 4.79 Å². The highest BCUT2D eigenvalue weighted by Gasteiger charge is 2.14. The molecule has 0 aliphatic rings. The third-order valence-electron chi connectivity index (χ3n) is 4.62. The first-order valence-corrected chi connectivity index (χ1v) is 9.84. The van der Waals surface area contributed by atoms with E-state index in [2.05, 4.69) is 10.4 Å². The molecule has 1 N–H and O–H groups in total. The van der Waals surface area contributed by atoms with Crippen LogP contribution in [0.4, 0.5) is 0 Å². The maximum absolute atomic E-state index is 13.2. The molecule has 1 aromatic heterocycles. The summed E-state index contributed by atoms with van der Waals surface area (Å²) in [5, 5.41) is 1.01. The van der Waals surface area contributed by atoms with E-state index >= 15 is 0 Å². The largest absolute Gasteiger partial charge is 0.497 e. The first-order valence-electron chi connectivity index (χ1n) is 9.46. The maximum atomic E-state index is 13.2. The van der Waals surface area contributed by atoms with Crippen molar-refractivity contribution in [2.24, 2.45) is 0 Å². The van der Waals surface area contributed by atoms with Gasteiger partial charge in [-0.2, -0.15) is 4.68 Å². The summed E-state index contributed by atoms with van der Waals surface area (Å²) in [6, 6.07) is 21.2. The number of fused-ring (bicyclic) bond motifs is 1. The molecule has 0 fully saturated rings. The van der Waals surface area contributed by atoms with Crippen molar-refractivity contribution in [1.82, 2.24) is 9.66 Å². The average Bonchev–Trinajstić information content (AvgIpc) is 2.80. The Kier molecular flexibility index (Phi) is 5.82. The topological polar surface area (TPSA) is 73.2 Å². The third kappa shape index (κ3) is 4.49. The second-order valence-corrected chi connectivity index (χ2v) is 7.12. The minimum absolute atomic E-state index is 0.302. The van der Waals surface area contributed by atoms with Gasteiger partial charge in [-0.1, -0.05) is 48.0 Å². The van der Waals surface area contributed by atoms with Gasteiger partial charge in [-0.25, -0.2) is 4.98 Å². The number of nitrogens with zero attached hydrogens (tertiary/aromatic N) is 2. The molecule has 0 saturated carbocycles. The zero-order valence-corrected chi connectivity index (χ0v) is 17.3. The molecule has 0 bridgehead atoms. The van der Waals surface area contributed by atoms with E-state index in [0.29, 0.717) is 33.1 Å². The monoisotopic (exact) mass is 431 g/mol. The summed E-state index contributed by atoms with van der Waals surface area (Å²) >= 11 is 5.89. The number of halogens is 1. The fraction of sp³-hybridized carbons (Fsp3) is 0.0417. The number of carbonyl (C=O) groups is 1. The first-order chi connectivity index (χ1) is 15.0. The second kappa shape index (κ2) is 8.85. The van der Waals surface area contributed by atoms with Gasteiger partial charge in [-0.3, -0.25) is 15.0 Å². The number of methoxy groups -OCH3 is 1. The number of aromatic nitrogens is 2. The number of rotatable bonds is 5. The molecule has 6 nitrogen and oxygen atoms in total. The molecule has 0 unspecified atom stereocenters. The fourth-order valence-electron chi connectivity index (χ4n) is 3.09. The van der Waals surface area contributed by atoms with E-state index < -0.39 is 5.91 Å². The van der Waals surface area contributed by atoms with Crippen molar-refractivity contribution in [2.75, 3.05) is 12.5 Å². The third-order valence-corrected chi connectivity index (χ3v) is 4.87. The molecule has 0 aliphatic carbocycles. The van der Waals surface area contributed by atoms with E-state index in [9.17, 15) is 9.59 Å². The van der Waals surface area contributed by atoms with Gasteiger partial charge in [0.15, 0.2) is 5.82 Å². The SMILES string of the molecule is COc1cccc(-c2nc3ccccc3c(=O)n2NC(=O)/C=C/c2ccc(Cl)cc2)c1. The van der Waals surface area contributed by atoms with Gasteiger partial charge in [-0.15, -0.1) is 0 Å². The highest BCUT2D eigenvalue weighted by molar-refractivity contribution is 6.30. The Balaban J connectivity index is 1.76. The molecule has 0 aliphatic heterocycles. The van der Waals surface area contributed by atoms with E-state index in [1.54, 1.807) is 79.9 Å². The van der Waals surface area contributed by atoms with Gasteiger partial charge in [-0.05, 0) is 48.0 Å². The van der Waals surface area contributed by atoms with Crippen LogP contribution in [0.25, 0.3) is 28.4 Å². The quantitative estimate of drug-likeness (QED) is 0.472. The second-order valence-electron chi connectivity index (χ2n) is 6.69. The molecule has 1 amide bonds. The van der Waals surface area contributed by atoms with Crippen molar-refractivity contribution in [3.05, 3.63) is 99.8 Å². The van der Waals surface area contributed by atoms with Crippen LogP contribution in [0.2, 0.25) is 5.02 Å². The number of para-hydroxylation sites is 1. The summed E-state index contributed by atoms with van der Waals surface area (Å²) in [6.45, 7) is 0. The van der Waals surface area contributed by atoms with Crippen LogP contribution in [-0.4, -0.2) is 22.7 Å². The van der Waals surface area contributed by atoms with E-state index in [1.165, 1.54) is 6.08 Å². The van der Waals surface area contributed by atoms with Crippen LogP contribution in [0.5, 0.6) is 5.75 Å². The van der Waals surface area contributed by atoms with Crippen LogP contribution in [0.3, 0.4) is 0 Å². The zero-order valence-electron chi connectivity index (χ0n) is 16.6. The van der Waals surface area contributed by atoms with E-state index in [4.69, 9.17) is 16.3 Å². The zero-order chi connectivity index (χ0) is 21.8. The Labute approximate surface area is 183 Å². The van der Waals surface area contributed by atoms with Crippen LogP contribution in [0.1, 0.15) is 5.56 Å². The molecule has 4 rings (SSSR count). The minimum atomic E-state index is -0.474. The lowest BCUT2D eigenvalue weighted by Gasteiger charge is -2.14. The Morgan fingerprint density at radius 2 is 1.84 bits per heavy atom. The Morgan fingerprint density at radius 3 is 2.61 bits per heavy atom. The Morgan fingerprint density at radius 1 is 1.06 bits per heavy atom. The van der Waals surface area contributed by atoms with Gasteiger partial charge >= 0.3 is 0 Å². The predicted octanol–water partition coefficient (Wildman–Crippen LogP) is 4.51. The van der Waals surface area contributed by atoms with Crippen LogP contribution < -0.4 is 15.7 Å². The standard InChI is InChI=1S/C24H18ClN3O3/c1-31-19-6-4-5-17(15-19)23-26-21-8-3-2-7-20(21)24(30)28(23)27-22(29)14-11-16-9-12-18(25)13-10-16/h2-15H,1H3,(H,27,29)/b14-11+. The van der Waals surface area contributed by atoms with Crippen molar-refractivity contribution in [3.63, 3.8) is 0 Å². The van der Waals surface area contributed by atoms with Gasteiger partial charge < -0.3 is 4.74 Å². The molecule has 31 heavy (non-hydrogen) atoms. The lowest BCUT2D eigenvalue weighted by molar-refractivity contribution is -0.112. The van der Waals surface area contributed by atoms with Crippen LogP contribution in [0, 0.1) is 0 Å². The van der Waals surface area contributed by atoms with Crippen molar-refractivity contribution < 1.29 is 9.53 Å². The number of carbonyl (C=O) groups excluding carboxylic acids is 1. The van der Waals surface area contributed by atoms with E-state index in [-0.39, 0.29) is 5.56 Å². The fourth-order valence-corrected chi connectivity index (χ4v) is 3.21. The maximum Gasteiger partial charge on any atom is 0.280 e. The predicted molar refractivity (Wildman–Crippen MR) is 123 cm³/mol. The summed E-state index contributed by atoms with van der Waals surface area (Å²) in [7, 11) is 1.56. The summed E-state index contributed by atoms with van der Waals surface area (Å²) < 4.78 is 6.45. The number of amides is 1. The van der Waals surface area contributed by atoms with Crippen molar-refractivity contribution >= 4 is 34.5 Å². The van der Waals surface area contributed by atoms with Gasteiger partial charge in [0.1, 0.15) is 5.75 Å². The lowest BCUT2D eigenvalue weighted by atomic mass is 10.2. The molecule has 4 aromatic rings. The van der Waals surface area contributed by atoms with Crippen molar-refractivity contribution in [1.29, 1.82) is 0 Å². The Hall–Kier alpha value is -3.90. The minimum Gasteiger partial charge on any atom is -0.497 e. The number of nitrogens with one attached hydrogen (secondary N) is 1. The molecule has 1 heterocycles. The molecule has 154 valence electrons. The first kappa shape index (κ1) is 20.4. The molecule has 0 spiro atoms. The van der Waals surface area contributed by atoms with E-state index in [1.807, 2.05) is 6.07 Å². The average molecular weight is 432 g/mol. The smallest absolute Gasteiger partial charge is 0.280 e. The highest BCUT2D eigenvalue weighted by atomic mass is 35.5. The number of benzene rings is 3. The summed E-state index contributed by atoms with van der Waals surface area (Å²) in [5.74, 6) is 0.439. The number of ether oxygens (including phenoxy) is 1. The molecular formula is C24H18ClN3O3. The summed E-state index contributed by atoms with van der Waals surface area (Å²) in [4.78, 5) is 30.4. The van der Waals surface area contributed by atoms with Crippen LogP contribution in [0.15, 0.2) is 83.7 Å². The van der Waals surface area contributed by atoms with Crippen LogP contribution >= 0.6 is 11.6 Å². The lowest BCUT2D eigenvalue weighted by Crippen LogP contribution is -2.34. The van der Waals surface area contributed by atoms with Gasteiger partial charge in [0.25, 0.3) is 11.5 Å². The van der Waals surface area contributed by atoms with Crippen molar-refractivity contribution in [3.8, 4) is 17.1 Å². The molecule has 3 aromatic carbocycles. The van der Waals surface area contributed by atoms with Gasteiger partial charge in [0.2, 0.25) is 0 Å². The molecule has 0 radical (unpaired) electrons. The van der Waals surface area contributed by atoms with E-state index in [0.717, 1.165) is 10.2 Å². The van der Waals surface area contributed by atoms with Gasteiger partial charge in [0.05, 0.1) is 18.0 Å². The van der Waals surface area contributed by atoms with Crippen molar-refractivity contribution in [2.45, 2.75) is 0 Å². The number of hydrogen-bond acceptors (Lipinski definition) is 4. The normalized spacial score (nSPS) is 11.0. The Bertz CT molecular complexity index is 1340. The molecule has 0 saturated heterocycles. The van der Waals surface area contributed by atoms with Gasteiger partial charge in [0, 0.05) is 16.7 Å². The molecule has 0 atom stereocenters.